The Morgan fingerprint density at radius 1 is 1.00 bits per heavy atom. The fourth-order valence-corrected chi connectivity index (χ4v) is 1.48. The summed E-state index contributed by atoms with van der Waals surface area (Å²) in [5, 5.41) is 8.61. The SMILES string of the molecule is CCCOC(CCC=CCCC=CCCC=O)OO. The highest BCUT2D eigenvalue weighted by atomic mass is 17.1. The van der Waals surface area contributed by atoms with E-state index >= 15 is 0 Å². The topological polar surface area (TPSA) is 55.8 Å². The lowest BCUT2D eigenvalue weighted by molar-refractivity contribution is -0.346. The Kier molecular flexibility index (Phi) is 14.3. The van der Waals surface area contributed by atoms with Crippen molar-refractivity contribution in [1.82, 2.24) is 0 Å². The minimum absolute atomic E-state index is 0.521. The molecule has 19 heavy (non-hydrogen) atoms. The number of unbranched alkanes of at least 4 members (excludes halogenated alkanes) is 2. The van der Waals surface area contributed by atoms with E-state index < -0.39 is 6.29 Å². The van der Waals surface area contributed by atoms with Gasteiger partial charge in [-0.2, -0.15) is 0 Å². The van der Waals surface area contributed by atoms with Crippen molar-refractivity contribution in [3.63, 3.8) is 0 Å². The molecule has 1 N–H and O–H groups in total. The van der Waals surface area contributed by atoms with E-state index in [2.05, 4.69) is 23.1 Å². The molecule has 110 valence electrons. The van der Waals surface area contributed by atoms with Crippen LogP contribution >= 0.6 is 0 Å². The zero-order valence-corrected chi connectivity index (χ0v) is 11.8. The van der Waals surface area contributed by atoms with Gasteiger partial charge in [0.05, 0.1) is 0 Å². The second-order valence-corrected chi connectivity index (χ2v) is 4.25. The van der Waals surface area contributed by atoms with E-state index in [1.165, 1.54) is 0 Å². The Labute approximate surface area is 116 Å². The molecule has 1 atom stereocenters. The molecule has 0 heterocycles. The quantitative estimate of drug-likeness (QED) is 0.138. The normalized spacial score (nSPS) is 13.4. The lowest BCUT2D eigenvalue weighted by Gasteiger charge is -2.12. The van der Waals surface area contributed by atoms with Crippen LogP contribution in [0.25, 0.3) is 0 Å². The minimum atomic E-state index is -0.521. The van der Waals surface area contributed by atoms with Gasteiger partial charge in [-0.15, -0.1) is 0 Å². The molecule has 0 rings (SSSR count). The van der Waals surface area contributed by atoms with Crippen molar-refractivity contribution >= 4 is 6.29 Å². The molecule has 0 spiro atoms. The average molecular weight is 270 g/mol. The van der Waals surface area contributed by atoms with Gasteiger partial charge in [-0.3, -0.25) is 0 Å². The van der Waals surface area contributed by atoms with Gasteiger partial charge in [-0.25, -0.2) is 10.1 Å². The molecule has 0 aromatic heterocycles. The first-order valence-electron chi connectivity index (χ1n) is 7.00. The zero-order chi connectivity index (χ0) is 14.2. The maximum absolute atomic E-state index is 10.1. The summed E-state index contributed by atoms with van der Waals surface area (Å²) in [5.41, 5.74) is 0. The van der Waals surface area contributed by atoms with Crippen LogP contribution in [0.1, 0.15) is 51.9 Å². The van der Waals surface area contributed by atoms with Crippen molar-refractivity contribution in [2.45, 2.75) is 58.2 Å². The van der Waals surface area contributed by atoms with E-state index in [1.54, 1.807) is 0 Å². The molecular formula is C15H26O4. The number of allylic oxidation sites excluding steroid dienone is 4. The number of ether oxygens (including phenoxy) is 1. The van der Waals surface area contributed by atoms with Gasteiger partial charge < -0.3 is 9.53 Å². The predicted octanol–water partition coefficient (Wildman–Crippen LogP) is 3.88. The number of aldehydes is 1. The van der Waals surface area contributed by atoms with Crippen LogP contribution in [0.15, 0.2) is 24.3 Å². The lowest BCUT2D eigenvalue weighted by Crippen LogP contribution is -2.15. The second kappa shape index (κ2) is 15.1. The highest BCUT2D eigenvalue weighted by Gasteiger charge is 2.06. The first-order valence-corrected chi connectivity index (χ1v) is 7.00. The Hall–Kier alpha value is -0.970. The smallest absolute Gasteiger partial charge is 0.191 e. The summed E-state index contributed by atoms with van der Waals surface area (Å²) >= 11 is 0. The van der Waals surface area contributed by atoms with Crippen molar-refractivity contribution < 1.29 is 19.7 Å². The summed E-state index contributed by atoms with van der Waals surface area (Å²) in [6, 6.07) is 0. The predicted molar refractivity (Wildman–Crippen MR) is 75.8 cm³/mol. The van der Waals surface area contributed by atoms with Crippen molar-refractivity contribution in [3.8, 4) is 0 Å². The van der Waals surface area contributed by atoms with Gasteiger partial charge >= 0.3 is 0 Å². The second-order valence-electron chi connectivity index (χ2n) is 4.25. The van der Waals surface area contributed by atoms with Gasteiger partial charge in [0.2, 0.25) is 0 Å². The average Bonchev–Trinajstić information content (AvgIpc) is 2.44. The Bertz CT molecular complexity index is 249. The van der Waals surface area contributed by atoms with Crippen molar-refractivity contribution in [3.05, 3.63) is 24.3 Å². The van der Waals surface area contributed by atoms with E-state index in [4.69, 9.17) is 9.99 Å². The number of carbonyl (C=O) groups is 1. The van der Waals surface area contributed by atoms with Crippen LogP contribution in [0, 0.1) is 0 Å². The molecule has 1 unspecified atom stereocenters. The number of hydrogen-bond donors (Lipinski definition) is 1. The first kappa shape index (κ1) is 18.0. The van der Waals surface area contributed by atoms with Crippen LogP contribution in [-0.2, 0) is 14.4 Å². The molecular weight excluding hydrogens is 244 g/mol. The van der Waals surface area contributed by atoms with E-state index in [9.17, 15) is 4.79 Å². The summed E-state index contributed by atoms with van der Waals surface area (Å²) in [7, 11) is 0. The van der Waals surface area contributed by atoms with E-state index in [1.807, 2.05) is 13.0 Å². The molecule has 0 saturated heterocycles. The van der Waals surface area contributed by atoms with Gasteiger partial charge in [0.1, 0.15) is 6.29 Å². The summed E-state index contributed by atoms with van der Waals surface area (Å²) in [4.78, 5) is 14.3. The standard InChI is InChI=1S/C15H26O4/c1-2-14-18-15(19-17)12-10-8-6-4-3-5-7-9-11-13-16/h5-8,13,15,17H,2-4,9-12,14H2,1H3. The van der Waals surface area contributed by atoms with E-state index in [-0.39, 0.29) is 0 Å². The summed E-state index contributed by atoms with van der Waals surface area (Å²) < 4.78 is 5.28. The van der Waals surface area contributed by atoms with Crippen molar-refractivity contribution in [2.75, 3.05) is 6.61 Å². The van der Waals surface area contributed by atoms with Gasteiger partial charge in [-0.1, -0.05) is 31.2 Å². The third-order valence-corrected chi connectivity index (χ3v) is 2.48. The summed E-state index contributed by atoms with van der Waals surface area (Å²) in [5.74, 6) is 0. The monoisotopic (exact) mass is 270 g/mol. The van der Waals surface area contributed by atoms with Crippen LogP contribution < -0.4 is 0 Å². The van der Waals surface area contributed by atoms with Gasteiger partial charge in [0.25, 0.3) is 0 Å². The van der Waals surface area contributed by atoms with E-state index in [0.717, 1.165) is 38.4 Å². The lowest BCUT2D eigenvalue weighted by atomic mass is 10.2. The van der Waals surface area contributed by atoms with Crippen LogP contribution in [0.3, 0.4) is 0 Å². The molecule has 0 aromatic rings. The number of rotatable bonds is 13. The van der Waals surface area contributed by atoms with Gasteiger partial charge in [0.15, 0.2) is 6.29 Å². The van der Waals surface area contributed by atoms with Crippen molar-refractivity contribution in [1.29, 1.82) is 0 Å². The minimum Gasteiger partial charge on any atom is -0.350 e. The fourth-order valence-electron chi connectivity index (χ4n) is 1.48. The highest BCUT2D eigenvalue weighted by Crippen LogP contribution is 2.05. The zero-order valence-electron chi connectivity index (χ0n) is 11.8. The molecule has 0 fully saturated rings. The molecule has 0 aliphatic carbocycles. The molecule has 0 amide bonds. The first-order chi connectivity index (χ1) is 9.35. The molecule has 4 nitrogen and oxygen atoms in total. The summed E-state index contributed by atoms with van der Waals surface area (Å²) in [6.07, 6.45) is 14.5. The third kappa shape index (κ3) is 13.3. The molecule has 0 aliphatic rings. The number of hydrogen-bond acceptors (Lipinski definition) is 4. The van der Waals surface area contributed by atoms with Crippen molar-refractivity contribution in [2.24, 2.45) is 0 Å². The third-order valence-electron chi connectivity index (χ3n) is 2.48. The van der Waals surface area contributed by atoms with Crippen LogP contribution in [-0.4, -0.2) is 24.4 Å². The van der Waals surface area contributed by atoms with Crippen LogP contribution in [0.2, 0.25) is 0 Å². The largest absolute Gasteiger partial charge is 0.350 e. The maximum atomic E-state index is 10.1. The molecule has 4 heteroatoms. The Morgan fingerprint density at radius 2 is 1.58 bits per heavy atom. The molecule has 0 aliphatic heterocycles. The molecule has 0 saturated carbocycles. The van der Waals surface area contributed by atoms with Gasteiger partial charge in [-0.05, 0) is 32.1 Å². The van der Waals surface area contributed by atoms with Gasteiger partial charge in [0, 0.05) is 19.4 Å². The Morgan fingerprint density at radius 3 is 2.11 bits per heavy atom. The molecule has 0 radical (unpaired) electrons. The molecule has 0 bridgehead atoms. The van der Waals surface area contributed by atoms with Crippen LogP contribution in [0.5, 0.6) is 0 Å². The van der Waals surface area contributed by atoms with E-state index in [0.29, 0.717) is 19.4 Å². The molecule has 0 aromatic carbocycles. The summed E-state index contributed by atoms with van der Waals surface area (Å²) in [6.45, 7) is 2.61. The highest BCUT2D eigenvalue weighted by molar-refractivity contribution is 5.49. The Balaban J connectivity index is 3.46. The maximum Gasteiger partial charge on any atom is 0.191 e. The van der Waals surface area contributed by atoms with Crippen LogP contribution in [0.4, 0.5) is 0 Å². The fraction of sp³-hybridized carbons (Fsp3) is 0.667. The number of carbonyl (C=O) groups excluding carboxylic acids is 1.